The van der Waals surface area contributed by atoms with Crippen molar-refractivity contribution in [1.82, 2.24) is 9.97 Å². The van der Waals surface area contributed by atoms with Crippen molar-refractivity contribution in [3.05, 3.63) is 11.2 Å². The van der Waals surface area contributed by atoms with Gasteiger partial charge in [0.05, 0.1) is 6.20 Å². The first-order valence-corrected chi connectivity index (χ1v) is 6.25. The first-order valence-electron chi connectivity index (χ1n) is 5.87. The number of hydrazine groups is 1. The van der Waals surface area contributed by atoms with E-state index in [-0.39, 0.29) is 0 Å². The number of nitrogens with one attached hydrogen (secondary N) is 1. The van der Waals surface area contributed by atoms with Gasteiger partial charge < -0.3 is 4.90 Å². The molecule has 6 heteroatoms. The highest BCUT2D eigenvalue weighted by Gasteiger charge is 2.31. The lowest BCUT2D eigenvalue weighted by molar-refractivity contribution is 0.602. The Bertz CT molecular complexity index is 391. The summed E-state index contributed by atoms with van der Waals surface area (Å²) in [6, 6.07) is 0.565. The van der Waals surface area contributed by atoms with Gasteiger partial charge in [0, 0.05) is 12.6 Å². The van der Waals surface area contributed by atoms with E-state index in [4.69, 9.17) is 17.4 Å². The van der Waals surface area contributed by atoms with E-state index < -0.39 is 0 Å². The van der Waals surface area contributed by atoms with Gasteiger partial charge in [-0.05, 0) is 18.8 Å². The van der Waals surface area contributed by atoms with E-state index in [1.165, 1.54) is 12.8 Å². The molecule has 0 aromatic carbocycles. The zero-order valence-corrected chi connectivity index (χ0v) is 10.9. The summed E-state index contributed by atoms with van der Waals surface area (Å²) in [6.07, 6.45) is 4.01. The molecule has 1 heterocycles. The van der Waals surface area contributed by atoms with Crippen LogP contribution in [0.15, 0.2) is 6.20 Å². The number of halogens is 1. The van der Waals surface area contributed by atoms with Gasteiger partial charge in [-0.15, -0.1) is 0 Å². The molecule has 0 spiro atoms. The zero-order valence-electron chi connectivity index (χ0n) is 10.2. The third-order valence-electron chi connectivity index (χ3n) is 2.68. The summed E-state index contributed by atoms with van der Waals surface area (Å²) in [5, 5.41) is 0.580. The van der Waals surface area contributed by atoms with E-state index in [1.807, 2.05) is 0 Å². The summed E-state index contributed by atoms with van der Waals surface area (Å²) >= 11 is 6.17. The average molecular weight is 256 g/mol. The zero-order chi connectivity index (χ0) is 12.4. The number of nitrogens with zero attached hydrogens (tertiary/aromatic N) is 3. The normalized spacial score (nSPS) is 15.1. The molecule has 0 saturated heterocycles. The minimum absolute atomic E-state index is 0.402. The molecule has 0 amide bonds. The van der Waals surface area contributed by atoms with Crippen LogP contribution in [0, 0.1) is 5.92 Å². The Labute approximate surface area is 106 Å². The van der Waals surface area contributed by atoms with Crippen molar-refractivity contribution in [2.45, 2.75) is 32.7 Å². The minimum Gasteiger partial charge on any atom is -0.352 e. The largest absolute Gasteiger partial charge is 0.352 e. The Hall–Kier alpha value is -1.07. The lowest BCUT2D eigenvalue weighted by Crippen LogP contribution is -2.31. The second kappa shape index (κ2) is 5.06. The molecule has 1 aliphatic carbocycles. The number of rotatable bonds is 5. The Morgan fingerprint density at radius 2 is 2.29 bits per heavy atom. The first-order chi connectivity index (χ1) is 8.11. The number of anilines is 2. The van der Waals surface area contributed by atoms with Crippen molar-refractivity contribution in [3.8, 4) is 0 Å². The van der Waals surface area contributed by atoms with Gasteiger partial charge in [-0.25, -0.2) is 10.8 Å². The van der Waals surface area contributed by atoms with Gasteiger partial charge in [0.2, 0.25) is 5.95 Å². The quantitative estimate of drug-likeness (QED) is 0.623. The maximum atomic E-state index is 6.17. The van der Waals surface area contributed by atoms with Gasteiger partial charge in [-0.2, -0.15) is 4.98 Å². The molecule has 1 fully saturated rings. The molecule has 0 atom stereocenters. The highest BCUT2D eigenvalue weighted by atomic mass is 35.5. The van der Waals surface area contributed by atoms with Crippen LogP contribution in [0.25, 0.3) is 0 Å². The van der Waals surface area contributed by atoms with Crippen LogP contribution >= 0.6 is 11.6 Å². The van der Waals surface area contributed by atoms with E-state index in [0.717, 1.165) is 12.4 Å². The van der Waals surface area contributed by atoms with Crippen LogP contribution in [-0.4, -0.2) is 22.6 Å². The van der Waals surface area contributed by atoms with Crippen LogP contribution in [0.3, 0.4) is 0 Å². The third-order valence-corrected chi connectivity index (χ3v) is 2.94. The van der Waals surface area contributed by atoms with E-state index in [2.05, 4.69) is 34.1 Å². The lowest BCUT2D eigenvalue weighted by Gasteiger charge is -2.26. The van der Waals surface area contributed by atoms with Crippen LogP contribution in [0.5, 0.6) is 0 Å². The van der Waals surface area contributed by atoms with Crippen LogP contribution in [0.4, 0.5) is 11.8 Å². The predicted octanol–water partition coefficient (Wildman–Crippen LogP) is 2.04. The molecule has 17 heavy (non-hydrogen) atoms. The lowest BCUT2D eigenvalue weighted by atomic mass is 10.2. The molecule has 0 radical (unpaired) electrons. The van der Waals surface area contributed by atoms with E-state index in [9.17, 15) is 0 Å². The van der Waals surface area contributed by atoms with Gasteiger partial charge in [-0.1, -0.05) is 25.4 Å². The number of hydrogen-bond donors (Lipinski definition) is 2. The molecular weight excluding hydrogens is 238 g/mol. The summed E-state index contributed by atoms with van der Waals surface area (Å²) in [5.41, 5.74) is 2.45. The van der Waals surface area contributed by atoms with Crippen molar-refractivity contribution in [1.29, 1.82) is 0 Å². The molecule has 0 unspecified atom stereocenters. The van der Waals surface area contributed by atoms with Crippen molar-refractivity contribution >= 4 is 23.4 Å². The summed E-state index contributed by atoms with van der Waals surface area (Å²) in [6.45, 7) is 5.32. The summed E-state index contributed by atoms with van der Waals surface area (Å²) in [7, 11) is 0. The molecule has 1 aliphatic rings. The number of nitrogen functional groups attached to an aromatic ring is 1. The summed E-state index contributed by atoms with van der Waals surface area (Å²) in [4.78, 5) is 10.6. The topological polar surface area (TPSA) is 67.1 Å². The predicted molar refractivity (Wildman–Crippen MR) is 70.1 cm³/mol. The Morgan fingerprint density at radius 1 is 1.59 bits per heavy atom. The second-order valence-electron chi connectivity index (χ2n) is 4.79. The Morgan fingerprint density at radius 3 is 2.82 bits per heavy atom. The van der Waals surface area contributed by atoms with Crippen LogP contribution in [0.1, 0.15) is 26.7 Å². The molecule has 0 bridgehead atoms. The van der Waals surface area contributed by atoms with Gasteiger partial charge in [0.25, 0.3) is 0 Å². The van der Waals surface area contributed by atoms with Crippen molar-refractivity contribution in [2.75, 3.05) is 16.9 Å². The van der Waals surface area contributed by atoms with E-state index in [1.54, 1.807) is 6.20 Å². The fraction of sp³-hybridized carbons (Fsp3) is 0.636. The molecule has 2 rings (SSSR count). The molecule has 1 aromatic rings. The van der Waals surface area contributed by atoms with Crippen molar-refractivity contribution in [2.24, 2.45) is 11.8 Å². The standard InChI is InChI=1S/C11H18ClN5/c1-7(2)6-17(8-3-4-8)10-9(12)5-14-11(15-10)16-13/h5,7-8H,3-4,6,13H2,1-2H3,(H,14,15,16). The van der Waals surface area contributed by atoms with Crippen LogP contribution in [0.2, 0.25) is 5.02 Å². The average Bonchev–Trinajstić information content (AvgIpc) is 3.10. The number of aromatic nitrogens is 2. The van der Waals surface area contributed by atoms with Gasteiger partial charge in [0.15, 0.2) is 5.82 Å². The van der Waals surface area contributed by atoms with Crippen molar-refractivity contribution in [3.63, 3.8) is 0 Å². The Kier molecular flexibility index (Phi) is 3.69. The highest BCUT2D eigenvalue weighted by molar-refractivity contribution is 6.32. The van der Waals surface area contributed by atoms with Gasteiger partial charge in [0.1, 0.15) is 5.02 Å². The SMILES string of the molecule is CC(C)CN(c1nc(NN)ncc1Cl)C1CC1. The molecule has 94 valence electrons. The number of hydrogen-bond acceptors (Lipinski definition) is 5. The Balaban J connectivity index is 2.27. The number of nitrogens with two attached hydrogens (primary N) is 1. The van der Waals surface area contributed by atoms with Crippen LogP contribution < -0.4 is 16.2 Å². The van der Waals surface area contributed by atoms with Gasteiger partial charge in [-0.3, -0.25) is 5.43 Å². The minimum atomic E-state index is 0.402. The molecule has 5 nitrogen and oxygen atoms in total. The maximum Gasteiger partial charge on any atom is 0.239 e. The smallest absolute Gasteiger partial charge is 0.239 e. The van der Waals surface area contributed by atoms with E-state index in [0.29, 0.717) is 22.9 Å². The monoisotopic (exact) mass is 255 g/mol. The van der Waals surface area contributed by atoms with E-state index >= 15 is 0 Å². The van der Waals surface area contributed by atoms with Gasteiger partial charge >= 0.3 is 0 Å². The summed E-state index contributed by atoms with van der Waals surface area (Å²) in [5.74, 6) is 7.08. The molecule has 3 N–H and O–H groups in total. The first kappa shape index (κ1) is 12.4. The molecule has 0 aliphatic heterocycles. The highest BCUT2D eigenvalue weighted by Crippen LogP contribution is 2.35. The molecule has 1 aromatic heterocycles. The third kappa shape index (κ3) is 2.98. The summed E-state index contributed by atoms with van der Waals surface area (Å²) < 4.78 is 0. The maximum absolute atomic E-state index is 6.17. The van der Waals surface area contributed by atoms with Crippen LogP contribution in [-0.2, 0) is 0 Å². The fourth-order valence-electron chi connectivity index (χ4n) is 1.82. The second-order valence-corrected chi connectivity index (χ2v) is 5.19. The molecule has 1 saturated carbocycles. The molecular formula is C11H18ClN5. The fourth-order valence-corrected chi connectivity index (χ4v) is 2.02. The van der Waals surface area contributed by atoms with Crippen molar-refractivity contribution < 1.29 is 0 Å².